The lowest BCUT2D eigenvalue weighted by Crippen LogP contribution is -2.48. The molecule has 2 rings (SSSR count). The summed E-state index contributed by atoms with van der Waals surface area (Å²) in [7, 11) is 0. The molecule has 0 radical (unpaired) electrons. The number of oxazole rings is 1. The lowest BCUT2D eigenvalue weighted by molar-refractivity contribution is -0.117. The van der Waals surface area contributed by atoms with E-state index in [4.69, 9.17) is 4.42 Å². The molecule has 1 heterocycles. The van der Waals surface area contributed by atoms with Crippen LogP contribution in [0.1, 0.15) is 20.8 Å². The zero-order valence-corrected chi connectivity index (χ0v) is 14.4. The van der Waals surface area contributed by atoms with Crippen LogP contribution in [0.3, 0.4) is 0 Å². The number of hydrogen-bond donors (Lipinski definition) is 2. The van der Waals surface area contributed by atoms with E-state index in [0.29, 0.717) is 16.5 Å². The second kappa shape index (κ2) is 7.48. The normalized spacial score (nSPS) is 11.2. The van der Waals surface area contributed by atoms with Crippen molar-refractivity contribution in [2.45, 2.75) is 31.5 Å². The van der Waals surface area contributed by atoms with E-state index >= 15 is 0 Å². The Kier molecular flexibility index (Phi) is 5.61. The fraction of sp³-hybridized carbons (Fsp3) is 0.312. The highest BCUT2D eigenvalue weighted by atomic mass is 32.2. The van der Waals surface area contributed by atoms with Gasteiger partial charge in [-0.25, -0.2) is 14.2 Å². The topological polar surface area (TPSA) is 84.2 Å². The Hall–Kier alpha value is -2.35. The number of carbonyl (C=O) groups is 2. The first-order valence-electron chi connectivity index (χ1n) is 7.19. The van der Waals surface area contributed by atoms with Gasteiger partial charge in [-0.05, 0) is 45.0 Å². The van der Waals surface area contributed by atoms with E-state index < -0.39 is 17.5 Å². The monoisotopic (exact) mass is 351 g/mol. The molecule has 2 aromatic rings. The second-order valence-corrected chi connectivity index (χ2v) is 6.96. The maximum absolute atomic E-state index is 12.9. The molecule has 0 atom stereocenters. The van der Waals surface area contributed by atoms with Crippen molar-refractivity contribution in [3.05, 3.63) is 36.3 Å². The Labute approximate surface area is 143 Å². The third kappa shape index (κ3) is 5.69. The van der Waals surface area contributed by atoms with Gasteiger partial charge in [0, 0.05) is 11.1 Å². The molecule has 0 aliphatic heterocycles. The number of urea groups is 1. The number of benzene rings is 1. The maximum atomic E-state index is 12.9. The molecular formula is C16H18FN3O3S. The van der Waals surface area contributed by atoms with Crippen LogP contribution in [-0.4, -0.2) is 28.2 Å². The van der Waals surface area contributed by atoms with Gasteiger partial charge in [-0.2, -0.15) is 0 Å². The molecule has 0 fully saturated rings. The maximum Gasteiger partial charge on any atom is 0.321 e. The van der Waals surface area contributed by atoms with Gasteiger partial charge in [0.1, 0.15) is 5.82 Å². The standard InChI is InChI=1S/C16H18FN3O3S/c1-16(2,3)20-14(22)19-13(21)9-24-15-18-8-12(23-15)10-4-6-11(17)7-5-10/h4-8H,9H2,1-3H3,(H2,19,20,21,22). The largest absolute Gasteiger partial charge is 0.431 e. The molecule has 0 aliphatic carbocycles. The van der Waals surface area contributed by atoms with E-state index in [2.05, 4.69) is 15.6 Å². The predicted molar refractivity (Wildman–Crippen MR) is 89.0 cm³/mol. The second-order valence-electron chi connectivity index (χ2n) is 6.04. The van der Waals surface area contributed by atoms with Gasteiger partial charge in [0.05, 0.1) is 11.9 Å². The summed E-state index contributed by atoms with van der Waals surface area (Å²) < 4.78 is 18.4. The van der Waals surface area contributed by atoms with Gasteiger partial charge in [0.25, 0.3) is 5.22 Å². The molecule has 1 aromatic heterocycles. The van der Waals surface area contributed by atoms with E-state index in [0.717, 1.165) is 11.8 Å². The van der Waals surface area contributed by atoms with Crippen molar-refractivity contribution < 1.29 is 18.4 Å². The van der Waals surface area contributed by atoms with Crippen molar-refractivity contribution in [2.24, 2.45) is 0 Å². The number of hydrogen-bond acceptors (Lipinski definition) is 5. The quantitative estimate of drug-likeness (QED) is 0.827. The van der Waals surface area contributed by atoms with Crippen LogP contribution in [0.5, 0.6) is 0 Å². The van der Waals surface area contributed by atoms with Crippen molar-refractivity contribution in [1.29, 1.82) is 0 Å². The molecule has 0 saturated heterocycles. The Morgan fingerprint density at radius 2 is 1.92 bits per heavy atom. The van der Waals surface area contributed by atoms with Gasteiger partial charge in [-0.1, -0.05) is 11.8 Å². The number of imide groups is 1. The fourth-order valence-corrected chi connectivity index (χ4v) is 2.34. The molecule has 24 heavy (non-hydrogen) atoms. The average molecular weight is 351 g/mol. The Balaban J connectivity index is 1.85. The molecule has 128 valence electrons. The average Bonchev–Trinajstić information content (AvgIpc) is 2.92. The zero-order chi connectivity index (χ0) is 17.7. The first-order chi connectivity index (χ1) is 11.2. The number of carbonyl (C=O) groups excluding carboxylic acids is 2. The number of nitrogens with zero attached hydrogens (tertiary/aromatic N) is 1. The van der Waals surface area contributed by atoms with Crippen molar-refractivity contribution in [2.75, 3.05) is 5.75 Å². The molecule has 6 nitrogen and oxygen atoms in total. The third-order valence-electron chi connectivity index (χ3n) is 2.68. The van der Waals surface area contributed by atoms with Gasteiger partial charge in [-0.3, -0.25) is 10.1 Å². The van der Waals surface area contributed by atoms with Crippen molar-refractivity contribution >= 4 is 23.7 Å². The Bertz CT molecular complexity index is 723. The third-order valence-corrected chi connectivity index (χ3v) is 3.52. The number of nitrogens with one attached hydrogen (secondary N) is 2. The smallest absolute Gasteiger partial charge is 0.321 e. The molecule has 3 amide bonds. The lowest BCUT2D eigenvalue weighted by atomic mass is 10.1. The van der Waals surface area contributed by atoms with Crippen molar-refractivity contribution in [1.82, 2.24) is 15.6 Å². The minimum atomic E-state index is -0.549. The van der Waals surface area contributed by atoms with Crippen LogP contribution < -0.4 is 10.6 Å². The van der Waals surface area contributed by atoms with E-state index in [1.165, 1.54) is 18.3 Å². The number of aromatic nitrogens is 1. The van der Waals surface area contributed by atoms with Crippen LogP contribution in [0.15, 0.2) is 40.1 Å². The van der Waals surface area contributed by atoms with E-state index in [1.807, 2.05) is 20.8 Å². The first-order valence-corrected chi connectivity index (χ1v) is 8.18. The summed E-state index contributed by atoms with van der Waals surface area (Å²) in [5.41, 5.74) is 0.259. The number of rotatable bonds is 4. The molecule has 0 unspecified atom stereocenters. The van der Waals surface area contributed by atoms with E-state index in [-0.39, 0.29) is 11.6 Å². The Morgan fingerprint density at radius 1 is 1.25 bits per heavy atom. The molecule has 0 spiro atoms. The SMILES string of the molecule is CC(C)(C)NC(=O)NC(=O)CSc1ncc(-c2ccc(F)cc2)o1. The van der Waals surface area contributed by atoms with Crippen molar-refractivity contribution in [3.63, 3.8) is 0 Å². The molecular weight excluding hydrogens is 333 g/mol. The van der Waals surface area contributed by atoms with E-state index in [9.17, 15) is 14.0 Å². The van der Waals surface area contributed by atoms with Crippen LogP contribution in [-0.2, 0) is 4.79 Å². The van der Waals surface area contributed by atoms with Gasteiger partial charge in [0.2, 0.25) is 5.91 Å². The lowest BCUT2D eigenvalue weighted by Gasteiger charge is -2.20. The van der Waals surface area contributed by atoms with E-state index in [1.54, 1.807) is 12.1 Å². The van der Waals surface area contributed by atoms with Gasteiger partial charge in [0.15, 0.2) is 5.76 Å². The molecule has 0 aliphatic rings. The number of thioether (sulfide) groups is 1. The van der Waals surface area contributed by atoms with Crippen molar-refractivity contribution in [3.8, 4) is 11.3 Å². The summed E-state index contributed by atoms with van der Waals surface area (Å²) in [4.78, 5) is 27.3. The van der Waals surface area contributed by atoms with Gasteiger partial charge < -0.3 is 9.73 Å². The minimum absolute atomic E-state index is 0.0130. The summed E-state index contributed by atoms with van der Waals surface area (Å²) >= 11 is 1.06. The zero-order valence-electron chi connectivity index (χ0n) is 13.6. The highest BCUT2D eigenvalue weighted by molar-refractivity contribution is 7.99. The molecule has 0 saturated carbocycles. The number of amides is 3. The van der Waals surface area contributed by atoms with Gasteiger partial charge in [-0.15, -0.1) is 0 Å². The summed E-state index contributed by atoms with van der Waals surface area (Å²) in [5.74, 6) is -0.328. The van der Waals surface area contributed by atoms with Crippen LogP contribution in [0, 0.1) is 5.82 Å². The molecule has 2 N–H and O–H groups in total. The summed E-state index contributed by atoms with van der Waals surface area (Å²) in [5, 5.41) is 5.15. The highest BCUT2D eigenvalue weighted by Gasteiger charge is 2.16. The predicted octanol–water partition coefficient (Wildman–Crippen LogP) is 3.20. The minimum Gasteiger partial charge on any atom is -0.431 e. The van der Waals surface area contributed by atoms with Crippen LogP contribution in [0.2, 0.25) is 0 Å². The fourth-order valence-electron chi connectivity index (χ4n) is 1.73. The Morgan fingerprint density at radius 3 is 2.54 bits per heavy atom. The summed E-state index contributed by atoms with van der Waals surface area (Å²) in [6, 6.07) is 5.26. The van der Waals surface area contributed by atoms with Gasteiger partial charge >= 0.3 is 6.03 Å². The van der Waals surface area contributed by atoms with Crippen LogP contribution >= 0.6 is 11.8 Å². The molecule has 1 aromatic carbocycles. The molecule has 8 heteroatoms. The molecule has 0 bridgehead atoms. The highest BCUT2D eigenvalue weighted by Crippen LogP contribution is 2.25. The summed E-state index contributed by atoms with van der Waals surface area (Å²) in [6.07, 6.45) is 1.50. The number of halogens is 1. The van der Waals surface area contributed by atoms with Crippen LogP contribution in [0.25, 0.3) is 11.3 Å². The first kappa shape index (κ1) is 18.0. The van der Waals surface area contributed by atoms with Crippen LogP contribution in [0.4, 0.5) is 9.18 Å². The summed E-state index contributed by atoms with van der Waals surface area (Å²) in [6.45, 7) is 5.45.